The van der Waals surface area contributed by atoms with Crippen LogP contribution in [0.4, 0.5) is 0 Å². The van der Waals surface area contributed by atoms with Crippen molar-refractivity contribution in [1.82, 2.24) is 14.8 Å². The minimum atomic E-state index is 0.615. The summed E-state index contributed by atoms with van der Waals surface area (Å²) in [5.74, 6) is 2.71. The van der Waals surface area contributed by atoms with Crippen molar-refractivity contribution in [2.75, 3.05) is 0 Å². The van der Waals surface area contributed by atoms with E-state index in [9.17, 15) is 0 Å². The molecule has 4 nitrogen and oxygen atoms in total. The predicted octanol–water partition coefficient (Wildman–Crippen LogP) is 2.65. The fourth-order valence-corrected chi connectivity index (χ4v) is 2.11. The maximum Gasteiger partial charge on any atom is 0.195 e. The van der Waals surface area contributed by atoms with Crippen LogP contribution in [0, 0.1) is 4.77 Å². The molecule has 1 aliphatic rings. The van der Waals surface area contributed by atoms with Gasteiger partial charge < -0.3 is 8.98 Å². The van der Waals surface area contributed by atoms with Gasteiger partial charge in [-0.25, -0.2) is 0 Å². The summed E-state index contributed by atoms with van der Waals surface area (Å²) in [5.41, 5.74) is 0. The molecule has 0 aliphatic heterocycles. The number of hydrogen-bond acceptors (Lipinski definition) is 3. The Labute approximate surface area is 98.3 Å². The van der Waals surface area contributed by atoms with E-state index in [0.29, 0.717) is 10.7 Å². The van der Waals surface area contributed by atoms with Gasteiger partial charge >= 0.3 is 0 Å². The first-order valence-electron chi connectivity index (χ1n) is 5.52. The van der Waals surface area contributed by atoms with Gasteiger partial charge in [0.15, 0.2) is 4.77 Å². The molecule has 1 saturated carbocycles. The molecule has 0 unspecified atom stereocenters. The summed E-state index contributed by atoms with van der Waals surface area (Å²) < 4.78 is 8.12. The minimum Gasteiger partial charge on any atom is -0.469 e. The lowest BCUT2D eigenvalue weighted by Gasteiger charge is -2.03. The minimum absolute atomic E-state index is 0.615. The summed E-state index contributed by atoms with van der Waals surface area (Å²) in [5, 5.41) is 7.17. The molecule has 0 radical (unpaired) electrons. The average Bonchev–Trinajstić information content (AvgIpc) is 2.87. The van der Waals surface area contributed by atoms with Crippen LogP contribution in [0.2, 0.25) is 0 Å². The van der Waals surface area contributed by atoms with Crippen molar-refractivity contribution in [2.24, 2.45) is 0 Å². The van der Waals surface area contributed by atoms with Crippen LogP contribution < -0.4 is 0 Å². The third kappa shape index (κ3) is 1.82. The third-order valence-electron chi connectivity index (χ3n) is 2.89. The molecule has 1 fully saturated rings. The Morgan fingerprint density at radius 2 is 2.44 bits per heavy atom. The van der Waals surface area contributed by atoms with Crippen molar-refractivity contribution < 1.29 is 4.42 Å². The Hall–Kier alpha value is -1.36. The van der Waals surface area contributed by atoms with E-state index in [1.165, 1.54) is 12.8 Å². The van der Waals surface area contributed by atoms with Gasteiger partial charge in [-0.1, -0.05) is 0 Å². The van der Waals surface area contributed by atoms with Crippen molar-refractivity contribution in [1.29, 1.82) is 0 Å². The van der Waals surface area contributed by atoms with Crippen LogP contribution in [-0.2, 0) is 13.0 Å². The molecule has 0 amide bonds. The molecule has 0 aromatic carbocycles. The Morgan fingerprint density at radius 1 is 1.56 bits per heavy atom. The van der Waals surface area contributed by atoms with Gasteiger partial charge in [-0.15, -0.1) is 0 Å². The summed E-state index contributed by atoms with van der Waals surface area (Å²) in [6.07, 6.45) is 5.03. The van der Waals surface area contributed by atoms with Crippen LogP contribution in [0.15, 0.2) is 22.8 Å². The number of hydrogen-bond donors (Lipinski definition) is 1. The maximum atomic E-state index is 5.31. The van der Waals surface area contributed by atoms with Crippen LogP contribution in [0.3, 0.4) is 0 Å². The number of nitrogens with zero attached hydrogens (tertiary/aromatic N) is 2. The van der Waals surface area contributed by atoms with E-state index >= 15 is 0 Å². The molecule has 1 N–H and O–H groups in total. The summed E-state index contributed by atoms with van der Waals surface area (Å²) in [6, 6.07) is 3.90. The molecule has 84 valence electrons. The van der Waals surface area contributed by atoms with E-state index < -0.39 is 0 Å². The maximum absolute atomic E-state index is 5.31. The van der Waals surface area contributed by atoms with Gasteiger partial charge in [-0.2, -0.15) is 5.10 Å². The molecule has 0 bridgehead atoms. The number of aromatic nitrogens is 3. The zero-order valence-electron chi connectivity index (χ0n) is 8.85. The molecule has 2 heterocycles. The Morgan fingerprint density at radius 3 is 3.12 bits per heavy atom. The predicted molar refractivity (Wildman–Crippen MR) is 61.8 cm³/mol. The molecule has 1 aliphatic carbocycles. The average molecular weight is 235 g/mol. The second-order valence-corrected chi connectivity index (χ2v) is 4.53. The van der Waals surface area contributed by atoms with E-state index in [-0.39, 0.29) is 0 Å². The highest BCUT2D eigenvalue weighted by atomic mass is 32.1. The molecule has 0 saturated heterocycles. The van der Waals surface area contributed by atoms with Gasteiger partial charge in [0.05, 0.1) is 6.26 Å². The lowest BCUT2D eigenvalue weighted by Crippen LogP contribution is -2.05. The highest BCUT2D eigenvalue weighted by Crippen LogP contribution is 2.38. The third-order valence-corrected chi connectivity index (χ3v) is 3.20. The topological polar surface area (TPSA) is 46.8 Å². The van der Waals surface area contributed by atoms with Gasteiger partial charge in [-0.05, 0) is 37.2 Å². The van der Waals surface area contributed by atoms with Crippen molar-refractivity contribution in [3.8, 4) is 0 Å². The zero-order valence-corrected chi connectivity index (χ0v) is 9.67. The molecule has 16 heavy (non-hydrogen) atoms. The lowest BCUT2D eigenvalue weighted by atomic mass is 10.3. The molecule has 0 spiro atoms. The van der Waals surface area contributed by atoms with Gasteiger partial charge in [0.25, 0.3) is 0 Å². The summed E-state index contributed by atoms with van der Waals surface area (Å²) in [7, 11) is 0. The largest absolute Gasteiger partial charge is 0.469 e. The van der Waals surface area contributed by atoms with E-state index in [0.717, 1.165) is 24.6 Å². The van der Waals surface area contributed by atoms with Crippen LogP contribution in [-0.4, -0.2) is 14.8 Å². The lowest BCUT2D eigenvalue weighted by molar-refractivity contribution is 0.486. The quantitative estimate of drug-likeness (QED) is 0.829. The highest BCUT2D eigenvalue weighted by molar-refractivity contribution is 7.71. The monoisotopic (exact) mass is 235 g/mol. The highest BCUT2D eigenvalue weighted by Gasteiger charge is 2.28. The molecule has 2 aromatic rings. The van der Waals surface area contributed by atoms with Crippen LogP contribution in [0.5, 0.6) is 0 Å². The Balaban J connectivity index is 1.78. The van der Waals surface area contributed by atoms with E-state index in [1.807, 2.05) is 12.1 Å². The summed E-state index contributed by atoms with van der Waals surface area (Å²) in [4.78, 5) is 0. The fourth-order valence-electron chi connectivity index (χ4n) is 1.88. The number of furan rings is 1. The second kappa shape index (κ2) is 3.90. The van der Waals surface area contributed by atoms with Crippen molar-refractivity contribution in [2.45, 2.75) is 31.7 Å². The second-order valence-electron chi connectivity index (χ2n) is 4.14. The summed E-state index contributed by atoms with van der Waals surface area (Å²) in [6.45, 7) is 0.842. The molecule has 0 atom stereocenters. The van der Waals surface area contributed by atoms with Crippen LogP contribution >= 0.6 is 12.2 Å². The number of aromatic amines is 1. The van der Waals surface area contributed by atoms with E-state index in [1.54, 1.807) is 6.26 Å². The first-order valence-corrected chi connectivity index (χ1v) is 5.93. The van der Waals surface area contributed by atoms with Crippen molar-refractivity contribution in [3.63, 3.8) is 0 Å². The molecular formula is C11H13N3OS. The first-order chi connectivity index (χ1) is 7.84. The van der Waals surface area contributed by atoms with E-state index in [4.69, 9.17) is 16.6 Å². The zero-order chi connectivity index (χ0) is 11.0. The van der Waals surface area contributed by atoms with Crippen molar-refractivity contribution in [3.05, 3.63) is 34.8 Å². The summed E-state index contributed by atoms with van der Waals surface area (Å²) >= 11 is 5.23. The molecule has 3 rings (SSSR count). The van der Waals surface area contributed by atoms with Crippen LogP contribution in [0.25, 0.3) is 0 Å². The smallest absolute Gasteiger partial charge is 0.195 e. The number of nitrogens with one attached hydrogen (secondary N) is 1. The van der Waals surface area contributed by atoms with Crippen molar-refractivity contribution >= 4 is 12.2 Å². The van der Waals surface area contributed by atoms with E-state index in [2.05, 4.69) is 14.8 Å². The van der Waals surface area contributed by atoms with Gasteiger partial charge in [0.1, 0.15) is 11.6 Å². The fraction of sp³-hybridized carbons (Fsp3) is 0.455. The number of H-pyrrole nitrogens is 1. The SMILES string of the molecule is S=c1[nH]nc(C2CC2)n1CCc1ccco1. The molecular weight excluding hydrogens is 222 g/mol. The van der Waals surface area contributed by atoms with Crippen LogP contribution in [0.1, 0.15) is 30.3 Å². The molecule has 5 heteroatoms. The first kappa shape index (κ1) is 9.84. The Bertz CT molecular complexity index is 522. The number of rotatable bonds is 4. The number of aryl methyl sites for hydroxylation is 1. The Kier molecular flexibility index (Phi) is 2.40. The molecule has 2 aromatic heterocycles. The van der Waals surface area contributed by atoms with Gasteiger partial charge in [-0.3, -0.25) is 5.10 Å². The standard InChI is InChI=1S/C11H13N3OS/c16-11-13-12-10(8-3-4-8)14(11)6-5-9-2-1-7-15-9/h1-2,7-8H,3-6H2,(H,13,16). The van der Waals surface area contributed by atoms with Gasteiger partial charge in [0, 0.05) is 18.9 Å². The normalized spacial score (nSPS) is 15.5. The van der Waals surface area contributed by atoms with Gasteiger partial charge in [0.2, 0.25) is 0 Å².